The Balaban J connectivity index is 2.06. The van der Waals surface area contributed by atoms with Crippen LogP contribution in [0.15, 0.2) is 42.6 Å². The number of nitriles is 1. The van der Waals surface area contributed by atoms with Crippen molar-refractivity contribution in [3.8, 4) is 17.7 Å². The molecule has 0 aliphatic heterocycles. The molecular weight excluding hydrogens is 242 g/mol. The Kier molecular flexibility index (Phi) is 3.74. The molecule has 0 unspecified atom stereocenters. The number of pyridine rings is 1. The highest BCUT2D eigenvalue weighted by Crippen LogP contribution is 2.21. The quantitative estimate of drug-likeness (QED) is 0.912. The van der Waals surface area contributed by atoms with E-state index in [1.165, 1.54) is 13.1 Å². The smallest absolute Gasteiger partial charge is 0.221 e. The van der Waals surface area contributed by atoms with Gasteiger partial charge in [0.1, 0.15) is 11.8 Å². The fourth-order valence-corrected chi connectivity index (χ4v) is 1.44. The number of hydrogen-bond donors (Lipinski definition) is 1. The number of carbonyl (C=O) groups is 1. The van der Waals surface area contributed by atoms with Crippen LogP contribution in [0, 0.1) is 11.3 Å². The van der Waals surface area contributed by atoms with Gasteiger partial charge in [-0.2, -0.15) is 5.26 Å². The van der Waals surface area contributed by atoms with Crippen LogP contribution >= 0.6 is 0 Å². The number of ether oxygens (including phenoxy) is 1. The van der Waals surface area contributed by atoms with E-state index in [0.717, 1.165) is 0 Å². The fourth-order valence-electron chi connectivity index (χ4n) is 1.44. The normalized spacial score (nSPS) is 9.47. The molecule has 94 valence electrons. The Morgan fingerprint density at radius 3 is 2.53 bits per heavy atom. The molecule has 0 aliphatic carbocycles. The number of carbonyl (C=O) groups excluding carboxylic acids is 1. The van der Waals surface area contributed by atoms with Crippen LogP contribution in [0.25, 0.3) is 0 Å². The first kappa shape index (κ1) is 12.6. The predicted octanol–water partition coefficient (Wildman–Crippen LogP) is 2.70. The molecule has 0 spiro atoms. The van der Waals surface area contributed by atoms with Crippen molar-refractivity contribution in [3.63, 3.8) is 0 Å². The van der Waals surface area contributed by atoms with Crippen LogP contribution in [0.1, 0.15) is 12.5 Å². The van der Waals surface area contributed by atoms with Crippen molar-refractivity contribution < 1.29 is 9.53 Å². The molecule has 2 aromatic rings. The Labute approximate surface area is 110 Å². The van der Waals surface area contributed by atoms with E-state index in [4.69, 9.17) is 10.00 Å². The number of hydrogen-bond acceptors (Lipinski definition) is 4. The minimum Gasteiger partial charge on any atom is -0.439 e. The summed E-state index contributed by atoms with van der Waals surface area (Å²) in [6.07, 6.45) is 1.45. The third-order valence-electron chi connectivity index (χ3n) is 2.26. The molecule has 0 radical (unpaired) electrons. The first-order valence-corrected chi connectivity index (χ1v) is 5.59. The van der Waals surface area contributed by atoms with E-state index in [9.17, 15) is 4.79 Å². The molecule has 2 rings (SSSR count). The molecule has 1 aromatic heterocycles. The second kappa shape index (κ2) is 5.65. The zero-order chi connectivity index (χ0) is 13.7. The molecule has 1 amide bonds. The topological polar surface area (TPSA) is 75.0 Å². The zero-order valence-corrected chi connectivity index (χ0v) is 10.3. The molecule has 1 aromatic carbocycles. The Morgan fingerprint density at radius 2 is 2.00 bits per heavy atom. The number of nitrogens with one attached hydrogen (secondary N) is 1. The Morgan fingerprint density at radius 1 is 1.26 bits per heavy atom. The molecule has 0 saturated carbocycles. The van der Waals surface area contributed by atoms with Crippen molar-refractivity contribution in [2.75, 3.05) is 5.32 Å². The summed E-state index contributed by atoms with van der Waals surface area (Å²) in [5, 5.41) is 11.3. The highest BCUT2D eigenvalue weighted by Gasteiger charge is 2.00. The maximum Gasteiger partial charge on any atom is 0.221 e. The molecular formula is C14H11N3O2. The zero-order valence-electron chi connectivity index (χ0n) is 10.3. The summed E-state index contributed by atoms with van der Waals surface area (Å²) in [5.74, 6) is 0.889. The van der Waals surface area contributed by atoms with Gasteiger partial charge < -0.3 is 10.1 Å². The summed E-state index contributed by atoms with van der Waals surface area (Å²) >= 11 is 0. The molecule has 5 heteroatoms. The van der Waals surface area contributed by atoms with Gasteiger partial charge in [0.2, 0.25) is 11.8 Å². The van der Waals surface area contributed by atoms with Gasteiger partial charge in [-0.3, -0.25) is 4.79 Å². The van der Waals surface area contributed by atoms with Gasteiger partial charge in [0, 0.05) is 24.9 Å². The summed E-state index contributed by atoms with van der Waals surface area (Å²) in [6, 6.07) is 12.2. The van der Waals surface area contributed by atoms with Crippen molar-refractivity contribution in [1.82, 2.24) is 4.98 Å². The Bertz CT molecular complexity index is 613. The third-order valence-corrected chi connectivity index (χ3v) is 2.26. The van der Waals surface area contributed by atoms with Crippen molar-refractivity contribution in [2.45, 2.75) is 6.92 Å². The highest BCUT2D eigenvalue weighted by atomic mass is 16.5. The number of anilines is 1. The summed E-state index contributed by atoms with van der Waals surface area (Å²) in [4.78, 5) is 14.9. The van der Waals surface area contributed by atoms with Gasteiger partial charge in [0.15, 0.2) is 0 Å². The van der Waals surface area contributed by atoms with Crippen LogP contribution in [0.5, 0.6) is 11.6 Å². The average molecular weight is 253 g/mol. The Hall–Kier alpha value is -2.87. The molecule has 0 bridgehead atoms. The van der Waals surface area contributed by atoms with Gasteiger partial charge in [-0.25, -0.2) is 4.98 Å². The summed E-state index contributed by atoms with van der Waals surface area (Å²) in [6.45, 7) is 1.45. The van der Waals surface area contributed by atoms with Crippen LogP contribution in [0.3, 0.4) is 0 Å². The van der Waals surface area contributed by atoms with E-state index in [1.54, 1.807) is 36.4 Å². The molecule has 5 nitrogen and oxygen atoms in total. The van der Waals surface area contributed by atoms with Crippen molar-refractivity contribution in [3.05, 3.63) is 48.2 Å². The van der Waals surface area contributed by atoms with Crippen molar-refractivity contribution >= 4 is 11.6 Å². The number of rotatable bonds is 3. The lowest BCUT2D eigenvalue weighted by atomic mass is 10.3. The molecule has 0 atom stereocenters. The largest absolute Gasteiger partial charge is 0.439 e. The van der Waals surface area contributed by atoms with Crippen LogP contribution in [0.2, 0.25) is 0 Å². The summed E-state index contributed by atoms with van der Waals surface area (Å²) in [5.41, 5.74) is 1.18. The highest BCUT2D eigenvalue weighted by molar-refractivity contribution is 5.88. The first-order valence-electron chi connectivity index (χ1n) is 5.59. The van der Waals surface area contributed by atoms with Crippen molar-refractivity contribution in [2.24, 2.45) is 0 Å². The van der Waals surface area contributed by atoms with E-state index in [0.29, 0.717) is 22.9 Å². The number of aromatic nitrogens is 1. The van der Waals surface area contributed by atoms with Gasteiger partial charge in [-0.1, -0.05) is 0 Å². The molecule has 0 aliphatic rings. The maximum atomic E-state index is 10.9. The van der Waals surface area contributed by atoms with Crippen molar-refractivity contribution in [1.29, 1.82) is 5.26 Å². The van der Waals surface area contributed by atoms with Crippen LogP contribution in [-0.2, 0) is 4.79 Å². The van der Waals surface area contributed by atoms with Gasteiger partial charge in [0.25, 0.3) is 0 Å². The van der Waals surface area contributed by atoms with Gasteiger partial charge in [-0.15, -0.1) is 0 Å². The minimum absolute atomic E-state index is 0.123. The minimum atomic E-state index is -0.123. The SMILES string of the molecule is CC(=O)Nc1ccc(Oc2ccc(C#N)cn2)cc1. The van der Waals surface area contributed by atoms with E-state index >= 15 is 0 Å². The van der Waals surface area contributed by atoms with Gasteiger partial charge in [-0.05, 0) is 30.3 Å². The third kappa shape index (κ3) is 3.54. The van der Waals surface area contributed by atoms with E-state index in [2.05, 4.69) is 10.3 Å². The lowest BCUT2D eigenvalue weighted by molar-refractivity contribution is -0.114. The van der Waals surface area contributed by atoms with E-state index in [-0.39, 0.29) is 5.91 Å². The fraction of sp³-hybridized carbons (Fsp3) is 0.0714. The monoisotopic (exact) mass is 253 g/mol. The van der Waals surface area contributed by atoms with E-state index in [1.807, 2.05) is 6.07 Å². The summed E-state index contributed by atoms with van der Waals surface area (Å²) < 4.78 is 5.50. The lowest BCUT2D eigenvalue weighted by Crippen LogP contribution is -2.05. The molecule has 0 fully saturated rings. The number of nitrogens with zero attached hydrogens (tertiary/aromatic N) is 2. The van der Waals surface area contributed by atoms with Crippen LogP contribution in [0.4, 0.5) is 5.69 Å². The molecule has 1 N–H and O–H groups in total. The molecule has 19 heavy (non-hydrogen) atoms. The average Bonchev–Trinajstić information content (AvgIpc) is 2.41. The molecule has 0 saturated heterocycles. The van der Waals surface area contributed by atoms with E-state index < -0.39 is 0 Å². The number of benzene rings is 1. The van der Waals surface area contributed by atoms with Gasteiger partial charge in [0.05, 0.1) is 5.56 Å². The first-order chi connectivity index (χ1) is 9.17. The van der Waals surface area contributed by atoms with Crippen LogP contribution in [-0.4, -0.2) is 10.9 Å². The summed E-state index contributed by atoms with van der Waals surface area (Å²) in [7, 11) is 0. The standard InChI is InChI=1S/C14H11N3O2/c1-10(18)17-12-3-5-13(6-4-12)19-14-7-2-11(8-15)9-16-14/h2-7,9H,1H3,(H,17,18). The second-order valence-electron chi connectivity index (χ2n) is 3.80. The maximum absolute atomic E-state index is 10.9. The van der Waals surface area contributed by atoms with Gasteiger partial charge >= 0.3 is 0 Å². The predicted molar refractivity (Wildman–Crippen MR) is 69.8 cm³/mol. The van der Waals surface area contributed by atoms with Crippen LogP contribution < -0.4 is 10.1 Å². The molecule has 1 heterocycles. The number of amides is 1. The second-order valence-corrected chi connectivity index (χ2v) is 3.80. The lowest BCUT2D eigenvalue weighted by Gasteiger charge is -2.06.